The van der Waals surface area contributed by atoms with Gasteiger partial charge >= 0.3 is 0 Å². The van der Waals surface area contributed by atoms with E-state index in [1.54, 1.807) is 12.1 Å². The van der Waals surface area contributed by atoms with Crippen LogP contribution in [0.25, 0.3) is 5.57 Å². The van der Waals surface area contributed by atoms with Crippen molar-refractivity contribution in [2.75, 3.05) is 16.3 Å². The number of anilines is 2. The molecule has 0 radical (unpaired) electrons. The molecule has 4 nitrogen and oxygen atoms in total. The van der Waals surface area contributed by atoms with Gasteiger partial charge in [-0.15, -0.1) is 0 Å². The Labute approximate surface area is 193 Å². The Bertz CT molecular complexity index is 1250. The van der Waals surface area contributed by atoms with Gasteiger partial charge in [0.15, 0.2) is 0 Å². The minimum absolute atomic E-state index is 0.345. The summed E-state index contributed by atoms with van der Waals surface area (Å²) in [6.07, 6.45) is 0. The summed E-state index contributed by atoms with van der Waals surface area (Å²) in [5, 5.41) is 0.514. The van der Waals surface area contributed by atoms with Gasteiger partial charge in [-0.3, -0.25) is 9.59 Å². The van der Waals surface area contributed by atoms with Crippen LogP contribution in [-0.2, 0) is 9.59 Å². The molecule has 5 heteroatoms. The number of nitrogens with zero attached hydrogens (tertiary/aromatic N) is 2. The lowest BCUT2D eigenvalue weighted by Gasteiger charge is -2.25. The van der Waals surface area contributed by atoms with Crippen molar-refractivity contribution in [3.05, 3.63) is 99.7 Å². The smallest absolute Gasteiger partial charge is 0.282 e. The highest BCUT2D eigenvalue weighted by molar-refractivity contribution is 6.46. The fourth-order valence-electron chi connectivity index (χ4n) is 3.96. The van der Waals surface area contributed by atoms with Crippen molar-refractivity contribution in [2.24, 2.45) is 0 Å². The lowest BCUT2D eigenvalue weighted by molar-refractivity contribution is -0.120. The number of carbonyl (C=O) groups is 2. The summed E-state index contributed by atoms with van der Waals surface area (Å²) in [5.41, 5.74) is 5.92. The molecule has 0 spiro atoms. The van der Waals surface area contributed by atoms with Crippen molar-refractivity contribution in [1.82, 2.24) is 0 Å². The van der Waals surface area contributed by atoms with Gasteiger partial charge in [0.2, 0.25) is 0 Å². The Morgan fingerprint density at radius 2 is 1.50 bits per heavy atom. The number of amides is 2. The van der Waals surface area contributed by atoms with Gasteiger partial charge in [0, 0.05) is 17.3 Å². The van der Waals surface area contributed by atoms with Crippen molar-refractivity contribution in [1.29, 1.82) is 0 Å². The maximum atomic E-state index is 13.8. The quantitative estimate of drug-likeness (QED) is 0.448. The Morgan fingerprint density at radius 1 is 0.812 bits per heavy atom. The highest BCUT2D eigenvalue weighted by Gasteiger charge is 2.42. The van der Waals surface area contributed by atoms with E-state index in [-0.39, 0.29) is 11.8 Å². The molecule has 0 N–H and O–H groups in total. The molecular weight excluding hydrogens is 420 g/mol. The first-order valence-corrected chi connectivity index (χ1v) is 11.0. The molecule has 0 aliphatic carbocycles. The highest BCUT2D eigenvalue weighted by atomic mass is 35.5. The highest BCUT2D eigenvalue weighted by Crippen LogP contribution is 2.38. The molecule has 0 saturated carbocycles. The number of imide groups is 1. The molecule has 3 aromatic rings. The Morgan fingerprint density at radius 3 is 2.12 bits per heavy atom. The van der Waals surface area contributed by atoms with Crippen LogP contribution in [0.5, 0.6) is 0 Å². The largest absolute Gasteiger partial charge is 0.337 e. The van der Waals surface area contributed by atoms with Crippen LogP contribution < -0.4 is 9.80 Å². The van der Waals surface area contributed by atoms with E-state index in [9.17, 15) is 9.59 Å². The molecule has 0 atom stereocenters. The summed E-state index contributed by atoms with van der Waals surface area (Å²) >= 11 is 6.33. The molecule has 0 aromatic heterocycles. The second-order valence-corrected chi connectivity index (χ2v) is 8.39. The van der Waals surface area contributed by atoms with Gasteiger partial charge in [0.25, 0.3) is 11.8 Å². The number of rotatable bonds is 5. The van der Waals surface area contributed by atoms with E-state index >= 15 is 0 Å². The third-order valence-electron chi connectivity index (χ3n) is 5.92. The summed E-state index contributed by atoms with van der Waals surface area (Å²) in [4.78, 5) is 30.7. The first-order valence-electron chi connectivity index (χ1n) is 10.6. The lowest BCUT2D eigenvalue weighted by Crippen LogP contribution is -2.35. The van der Waals surface area contributed by atoms with Crippen molar-refractivity contribution in [3.8, 4) is 0 Å². The van der Waals surface area contributed by atoms with Crippen LogP contribution in [0.3, 0.4) is 0 Å². The van der Waals surface area contributed by atoms with Crippen molar-refractivity contribution in [3.63, 3.8) is 0 Å². The maximum absolute atomic E-state index is 13.8. The minimum atomic E-state index is -0.353. The van der Waals surface area contributed by atoms with Crippen LogP contribution in [0, 0.1) is 20.8 Å². The maximum Gasteiger partial charge on any atom is 0.282 e. The molecular formula is C27H25ClN2O2. The van der Waals surface area contributed by atoms with Gasteiger partial charge in [-0.2, -0.15) is 0 Å². The predicted molar refractivity (Wildman–Crippen MR) is 131 cm³/mol. The lowest BCUT2D eigenvalue weighted by atomic mass is 9.99. The zero-order valence-corrected chi connectivity index (χ0v) is 19.4. The number of carbonyl (C=O) groups excluding carboxylic acids is 2. The van der Waals surface area contributed by atoms with E-state index in [1.807, 2.05) is 87.2 Å². The molecule has 1 heterocycles. The number of para-hydroxylation sites is 1. The second kappa shape index (κ2) is 8.64. The summed E-state index contributed by atoms with van der Waals surface area (Å²) in [7, 11) is 0. The molecule has 4 rings (SSSR count). The van der Waals surface area contributed by atoms with E-state index < -0.39 is 0 Å². The van der Waals surface area contributed by atoms with Crippen molar-refractivity contribution < 1.29 is 9.59 Å². The first kappa shape index (κ1) is 21.8. The fraction of sp³-hybridized carbons (Fsp3) is 0.185. The summed E-state index contributed by atoms with van der Waals surface area (Å²) in [6, 6.07) is 20.8. The van der Waals surface area contributed by atoms with E-state index in [1.165, 1.54) is 4.90 Å². The van der Waals surface area contributed by atoms with Gasteiger partial charge in [-0.25, -0.2) is 4.90 Å². The van der Waals surface area contributed by atoms with E-state index in [0.717, 1.165) is 27.9 Å². The van der Waals surface area contributed by atoms with Gasteiger partial charge in [0.05, 0.1) is 11.3 Å². The number of hydrogen-bond acceptors (Lipinski definition) is 3. The van der Waals surface area contributed by atoms with E-state index in [4.69, 9.17) is 11.6 Å². The average Bonchev–Trinajstić information content (AvgIpc) is 3.04. The molecule has 0 bridgehead atoms. The Balaban J connectivity index is 1.93. The molecule has 2 amide bonds. The standard InChI is InChI=1S/C27H25ClN2O2/c1-5-29(21-9-7-6-8-10-21)25-24(20-13-11-17(2)19(4)15-20)26(31)30(27(25)32)22-14-12-18(3)23(28)16-22/h6-16H,5H2,1-4H3. The van der Waals surface area contributed by atoms with Gasteiger partial charge in [-0.05, 0) is 74.2 Å². The van der Waals surface area contributed by atoms with Crippen LogP contribution in [0.4, 0.5) is 11.4 Å². The summed E-state index contributed by atoms with van der Waals surface area (Å²) in [5.74, 6) is -0.698. The van der Waals surface area contributed by atoms with Crippen LogP contribution in [0.15, 0.2) is 72.4 Å². The number of likely N-dealkylation sites (N-methyl/N-ethyl adjacent to an activating group) is 1. The monoisotopic (exact) mass is 444 g/mol. The van der Waals surface area contributed by atoms with E-state index in [0.29, 0.717) is 28.5 Å². The number of aryl methyl sites for hydroxylation is 3. The molecule has 162 valence electrons. The Hall–Kier alpha value is -3.37. The molecule has 0 unspecified atom stereocenters. The first-order chi connectivity index (χ1) is 15.3. The van der Waals surface area contributed by atoms with Crippen LogP contribution in [0.1, 0.15) is 29.2 Å². The van der Waals surface area contributed by atoms with Gasteiger partial charge in [0.1, 0.15) is 5.70 Å². The Kier molecular flexibility index (Phi) is 5.90. The predicted octanol–water partition coefficient (Wildman–Crippen LogP) is 6.08. The summed E-state index contributed by atoms with van der Waals surface area (Å²) < 4.78 is 0. The normalized spacial score (nSPS) is 13.8. The van der Waals surface area contributed by atoms with Crippen LogP contribution in [-0.4, -0.2) is 18.4 Å². The third kappa shape index (κ3) is 3.71. The van der Waals surface area contributed by atoms with Crippen LogP contribution in [0.2, 0.25) is 5.02 Å². The molecule has 1 aliphatic rings. The molecule has 0 saturated heterocycles. The van der Waals surface area contributed by atoms with Gasteiger partial charge in [-0.1, -0.05) is 54.1 Å². The van der Waals surface area contributed by atoms with E-state index in [2.05, 4.69) is 0 Å². The molecule has 3 aromatic carbocycles. The number of halogens is 1. The topological polar surface area (TPSA) is 40.6 Å². The van der Waals surface area contributed by atoms with Crippen molar-refractivity contribution >= 4 is 40.4 Å². The fourth-order valence-corrected chi connectivity index (χ4v) is 4.13. The number of hydrogen-bond donors (Lipinski definition) is 0. The third-order valence-corrected chi connectivity index (χ3v) is 6.33. The zero-order valence-electron chi connectivity index (χ0n) is 18.6. The molecule has 0 fully saturated rings. The van der Waals surface area contributed by atoms with Gasteiger partial charge < -0.3 is 4.90 Å². The average molecular weight is 445 g/mol. The molecule has 1 aliphatic heterocycles. The SMILES string of the molecule is CCN(C1=C(c2ccc(C)c(C)c2)C(=O)N(c2ccc(C)c(Cl)c2)C1=O)c1ccccc1. The van der Waals surface area contributed by atoms with Crippen molar-refractivity contribution in [2.45, 2.75) is 27.7 Å². The van der Waals surface area contributed by atoms with Crippen LogP contribution >= 0.6 is 11.6 Å². The molecule has 32 heavy (non-hydrogen) atoms. The number of benzene rings is 3. The zero-order chi connectivity index (χ0) is 23.0. The second-order valence-electron chi connectivity index (χ2n) is 7.98. The minimum Gasteiger partial charge on any atom is -0.337 e. The summed E-state index contributed by atoms with van der Waals surface area (Å²) in [6.45, 7) is 8.43.